The number of nitrogens with zero attached hydrogens (tertiary/aromatic N) is 1. The van der Waals surface area contributed by atoms with Gasteiger partial charge in [-0.2, -0.15) is 0 Å². The van der Waals surface area contributed by atoms with E-state index < -0.39 is 11.8 Å². The van der Waals surface area contributed by atoms with Gasteiger partial charge < -0.3 is 4.74 Å². The van der Waals surface area contributed by atoms with Crippen molar-refractivity contribution in [2.24, 2.45) is 11.8 Å². The molecule has 1 heterocycles. The number of hydrazine groups is 1. The average molecular weight is 408 g/mol. The number of hydrogen-bond donors (Lipinski definition) is 2. The predicted octanol–water partition coefficient (Wildman–Crippen LogP) is 1.43. The molecular weight excluding hydrogens is 386 g/mol. The molecule has 1 aromatic rings. The summed E-state index contributed by atoms with van der Waals surface area (Å²) in [4.78, 5) is 49.6. The van der Waals surface area contributed by atoms with Crippen molar-refractivity contribution in [2.75, 3.05) is 13.2 Å². The topological polar surface area (TPSA) is 105 Å². The smallest absolute Gasteiger partial charge is 0.276 e. The maximum absolute atomic E-state index is 12.4. The molecule has 2 atom stereocenters. The summed E-state index contributed by atoms with van der Waals surface area (Å²) in [5.74, 6) is -1.52. The van der Waals surface area contributed by atoms with Crippen molar-refractivity contribution < 1.29 is 23.9 Å². The van der Waals surface area contributed by atoms with Crippen molar-refractivity contribution in [1.29, 1.82) is 0 Å². The summed E-state index contributed by atoms with van der Waals surface area (Å²) in [7, 11) is 0. The standard InChI is InChI=1S/C19H22ClN3O5/c20-14-7-3-4-8-15(14)28-11-17(25)22-21-16(24)9-10-23-18(26)12-5-1-2-6-13(12)19(23)27/h3-4,7-8,12-13H,1-2,5-6,9-11H2,(H,21,24)(H,22,25)/t12-,13-/m1/s1. The molecule has 150 valence electrons. The van der Waals surface area contributed by atoms with Crippen molar-refractivity contribution >= 4 is 35.2 Å². The molecule has 1 saturated carbocycles. The van der Waals surface area contributed by atoms with E-state index in [0.717, 1.165) is 25.7 Å². The Morgan fingerprint density at radius 3 is 2.29 bits per heavy atom. The molecule has 9 heteroatoms. The number of rotatable bonds is 6. The summed E-state index contributed by atoms with van der Waals surface area (Å²) in [5.41, 5.74) is 4.47. The van der Waals surface area contributed by atoms with E-state index in [-0.39, 0.29) is 43.2 Å². The van der Waals surface area contributed by atoms with Crippen molar-refractivity contribution in [1.82, 2.24) is 15.8 Å². The van der Waals surface area contributed by atoms with E-state index in [1.807, 2.05) is 0 Å². The minimum atomic E-state index is -0.562. The molecule has 0 spiro atoms. The van der Waals surface area contributed by atoms with Gasteiger partial charge >= 0.3 is 0 Å². The zero-order valence-electron chi connectivity index (χ0n) is 15.3. The molecule has 4 amide bonds. The molecule has 0 unspecified atom stereocenters. The third-order valence-electron chi connectivity index (χ3n) is 5.03. The maximum atomic E-state index is 12.4. The number of imide groups is 1. The molecule has 0 aromatic heterocycles. The summed E-state index contributed by atoms with van der Waals surface area (Å²) in [6.45, 7) is -0.307. The lowest BCUT2D eigenvalue weighted by Crippen LogP contribution is -2.45. The number of likely N-dealkylation sites (tertiary alicyclic amines) is 1. The second-order valence-corrected chi connectivity index (χ2v) is 7.30. The molecule has 0 bridgehead atoms. The third-order valence-corrected chi connectivity index (χ3v) is 5.34. The van der Waals surface area contributed by atoms with Crippen LogP contribution in [0.3, 0.4) is 0 Å². The molecular formula is C19H22ClN3O5. The van der Waals surface area contributed by atoms with Crippen LogP contribution in [-0.2, 0) is 19.2 Å². The highest BCUT2D eigenvalue weighted by molar-refractivity contribution is 6.32. The lowest BCUT2D eigenvalue weighted by molar-refractivity contribution is -0.140. The number of halogens is 1. The molecule has 1 aromatic carbocycles. The molecule has 28 heavy (non-hydrogen) atoms. The average Bonchev–Trinajstić information content (AvgIpc) is 2.94. The monoisotopic (exact) mass is 407 g/mol. The van der Waals surface area contributed by atoms with Gasteiger partial charge in [0.1, 0.15) is 5.75 Å². The van der Waals surface area contributed by atoms with Crippen LogP contribution in [0.15, 0.2) is 24.3 Å². The molecule has 2 N–H and O–H groups in total. The molecule has 2 fully saturated rings. The van der Waals surface area contributed by atoms with Crippen molar-refractivity contribution in [3.63, 3.8) is 0 Å². The van der Waals surface area contributed by atoms with E-state index in [1.54, 1.807) is 24.3 Å². The summed E-state index contributed by atoms with van der Waals surface area (Å²) in [5, 5.41) is 0.375. The Hall–Kier alpha value is -2.61. The van der Waals surface area contributed by atoms with Crippen LogP contribution in [0.2, 0.25) is 5.02 Å². The number of hydrogen-bond acceptors (Lipinski definition) is 5. The van der Waals surface area contributed by atoms with Crippen LogP contribution in [0.25, 0.3) is 0 Å². The van der Waals surface area contributed by atoms with Gasteiger partial charge in [-0.3, -0.25) is 34.9 Å². The van der Waals surface area contributed by atoms with Gasteiger partial charge in [-0.25, -0.2) is 0 Å². The van der Waals surface area contributed by atoms with Crippen LogP contribution in [-0.4, -0.2) is 41.7 Å². The first kappa shape index (κ1) is 20.1. The molecule has 1 saturated heterocycles. The first-order valence-electron chi connectivity index (χ1n) is 9.27. The Morgan fingerprint density at radius 1 is 1.04 bits per heavy atom. The van der Waals surface area contributed by atoms with Gasteiger partial charge in [-0.1, -0.05) is 36.6 Å². The number of ether oxygens (including phenoxy) is 1. The molecule has 3 rings (SSSR count). The minimum absolute atomic E-state index is 0.0164. The lowest BCUT2D eigenvalue weighted by Gasteiger charge is -2.19. The van der Waals surface area contributed by atoms with E-state index >= 15 is 0 Å². The van der Waals surface area contributed by atoms with Crippen LogP contribution in [0, 0.1) is 11.8 Å². The van der Waals surface area contributed by atoms with Crippen LogP contribution in [0.4, 0.5) is 0 Å². The summed E-state index contributed by atoms with van der Waals surface area (Å²) in [6.07, 6.45) is 3.30. The number of carbonyl (C=O) groups excluding carboxylic acids is 4. The molecule has 2 aliphatic rings. The second kappa shape index (κ2) is 9.05. The number of fused-ring (bicyclic) bond motifs is 1. The Morgan fingerprint density at radius 2 is 1.64 bits per heavy atom. The Kier molecular flexibility index (Phi) is 6.51. The number of benzene rings is 1. The summed E-state index contributed by atoms with van der Waals surface area (Å²) in [6, 6.07) is 6.71. The van der Waals surface area contributed by atoms with Gasteiger partial charge in [-0.05, 0) is 25.0 Å². The fourth-order valence-electron chi connectivity index (χ4n) is 3.61. The maximum Gasteiger partial charge on any atom is 0.276 e. The molecule has 1 aliphatic heterocycles. The third kappa shape index (κ3) is 4.62. The predicted molar refractivity (Wildman–Crippen MR) is 100 cm³/mol. The van der Waals surface area contributed by atoms with Crippen molar-refractivity contribution in [3.8, 4) is 5.75 Å². The Balaban J connectivity index is 1.38. The van der Waals surface area contributed by atoms with Gasteiger partial charge in [0, 0.05) is 13.0 Å². The van der Waals surface area contributed by atoms with Crippen LogP contribution in [0.5, 0.6) is 5.75 Å². The SMILES string of the molecule is O=C(CCN1C(=O)[C@@H]2CCCC[C@H]2C1=O)NNC(=O)COc1ccccc1Cl. The Bertz CT molecular complexity index is 761. The van der Waals surface area contributed by atoms with E-state index in [0.29, 0.717) is 10.8 Å². The molecule has 1 aliphatic carbocycles. The van der Waals surface area contributed by atoms with Gasteiger partial charge in [0.15, 0.2) is 6.61 Å². The van der Waals surface area contributed by atoms with Gasteiger partial charge in [0.25, 0.3) is 5.91 Å². The van der Waals surface area contributed by atoms with Crippen LogP contribution >= 0.6 is 11.6 Å². The summed E-state index contributed by atoms with van der Waals surface area (Å²) >= 11 is 5.92. The number of para-hydroxylation sites is 1. The normalized spacial score (nSPS) is 21.2. The first-order chi connectivity index (χ1) is 13.5. The van der Waals surface area contributed by atoms with Crippen LogP contribution in [0.1, 0.15) is 32.1 Å². The minimum Gasteiger partial charge on any atom is -0.482 e. The number of amides is 4. The Labute approximate surface area is 167 Å². The highest BCUT2D eigenvalue weighted by Crippen LogP contribution is 2.37. The zero-order chi connectivity index (χ0) is 20.1. The van der Waals surface area contributed by atoms with Crippen LogP contribution < -0.4 is 15.6 Å². The van der Waals surface area contributed by atoms with E-state index in [1.165, 1.54) is 4.90 Å². The van der Waals surface area contributed by atoms with E-state index in [4.69, 9.17) is 16.3 Å². The van der Waals surface area contributed by atoms with Gasteiger partial charge in [0.2, 0.25) is 17.7 Å². The molecule has 0 radical (unpaired) electrons. The lowest BCUT2D eigenvalue weighted by atomic mass is 9.81. The van der Waals surface area contributed by atoms with Gasteiger partial charge in [-0.15, -0.1) is 0 Å². The fraction of sp³-hybridized carbons (Fsp3) is 0.474. The largest absolute Gasteiger partial charge is 0.482 e. The zero-order valence-corrected chi connectivity index (χ0v) is 16.0. The molecule has 8 nitrogen and oxygen atoms in total. The van der Waals surface area contributed by atoms with E-state index in [2.05, 4.69) is 10.9 Å². The van der Waals surface area contributed by atoms with Gasteiger partial charge in [0.05, 0.1) is 16.9 Å². The van der Waals surface area contributed by atoms with Crippen molar-refractivity contribution in [3.05, 3.63) is 29.3 Å². The quantitative estimate of drug-likeness (QED) is 0.548. The number of nitrogens with one attached hydrogen (secondary N) is 2. The van der Waals surface area contributed by atoms with E-state index in [9.17, 15) is 19.2 Å². The van der Waals surface area contributed by atoms with Crippen molar-refractivity contribution in [2.45, 2.75) is 32.1 Å². The number of carbonyl (C=O) groups is 4. The highest BCUT2D eigenvalue weighted by atomic mass is 35.5. The summed E-state index contributed by atoms with van der Waals surface area (Å²) < 4.78 is 5.26. The first-order valence-corrected chi connectivity index (χ1v) is 9.65. The fourth-order valence-corrected chi connectivity index (χ4v) is 3.80. The highest BCUT2D eigenvalue weighted by Gasteiger charge is 2.47. The second-order valence-electron chi connectivity index (χ2n) is 6.89.